The molecule has 152 valence electrons. The molecule has 2 amide bonds. The molecule has 0 saturated carbocycles. The summed E-state index contributed by atoms with van der Waals surface area (Å²) in [5.74, 6) is 0.599. The normalized spacial score (nSPS) is 19.6. The van der Waals surface area contributed by atoms with Crippen molar-refractivity contribution in [2.75, 3.05) is 24.5 Å². The van der Waals surface area contributed by atoms with Crippen molar-refractivity contribution in [2.45, 2.75) is 59.0 Å². The van der Waals surface area contributed by atoms with Crippen LogP contribution in [0.4, 0.5) is 10.6 Å². The zero-order valence-electron chi connectivity index (χ0n) is 17.2. The summed E-state index contributed by atoms with van der Waals surface area (Å²) in [6.07, 6.45) is 4.23. The molecular weight excluding hydrogens is 358 g/mol. The summed E-state index contributed by atoms with van der Waals surface area (Å²) in [6.45, 7) is 8.96. The molecule has 0 bridgehead atoms. The number of pyridine rings is 1. The van der Waals surface area contributed by atoms with Crippen LogP contribution in [-0.2, 0) is 9.53 Å². The van der Waals surface area contributed by atoms with Gasteiger partial charge >= 0.3 is 6.09 Å². The van der Waals surface area contributed by atoms with E-state index in [4.69, 9.17) is 4.74 Å². The Morgan fingerprint density at radius 1 is 1.14 bits per heavy atom. The number of hydrogen-bond acceptors (Lipinski definition) is 5. The van der Waals surface area contributed by atoms with Gasteiger partial charge in [0.1, 0.15) is 11.4 Å². The minimum atomic E-state index is -0.502. The highest BCUT2D eigenvalue weighted by Gasteiger charge is 2.43. The van der Waals surface area contributed by atoms with Crippen LogP contribution < -0.4 is 4.90 Å². The number of rotatable bonds is 2. The average molecular weight is 387 g/mol. The first kappa shape index (κ1) is 20.3. The molecule has 0 unspecified atom stereocenters. The standard InChI is InChI=1S/C21H29N3O4/c1-15(25)16-5-6-17(22-13-16)24-14-21(8-7-18(24)26)9-11-23(12-10-21)19(27)28-20(2,3)4/h5-6,13H,7-12,14H2,1-4H3. The van der Waals surface area contributed by atoms with E-state index < -0.39 is 5.60 Å². The molecule has 2 fully saturated rings. The van der Waals surface area contributed by atoms with Crippen LogP contribution in [0.5, 0.6) is 0 Å². The zero-order chi connectivity index (χ0) is 20.5. The number of ether oxygens (including phenoxy) is 1. The highest BCUT2D eigenvalue weighted by molar-refractivity contribution is 5.95. The second-order valence-electron chi connectivity index (χ2n) is 8.91. The number of nitrogens with zero attached hydrogens (tertiary/aromatic N) is 3. The maximum atomic E-state index is 12.5. The quantitative estimate of drug-likeness (QED) is 0.727. The Hall–Kier alpha value is -2.44. The SMILES string of the molecule is CC(=O)c1ccc(N2CC3(CCC2=O)CCN(C(=O)OC(C)(C)C)CC3)nc1. The van der Waals surface area contributed by atoms with Crippen molar-refractivity contribution < 1.29 is 19.1 Å². The Bertz CT molecular complexity index is 759. The number of carbonyl (C=O) groups is 3. The second-order valence-corrected chi connectivity index (χ2v) is 8.91. The minimum absolute atomic E-state index is 0.00660. The van der Waals surface area contributed by atoms with Crippen molar-refractivity contribution in [3.8, 4) is 0 Å². The van der Waals surface area contributed by atoms with Crippen LogP contribution in [-0.4, -0.2) is 52.9 Å². The summed E-state index contributed by atoms with van der Waals surface area (Å²) in [7, 11) is 0. The molecule has 0 N–H and O–H groups in total. The number of carbonyl (C=O) groups excluding carboxylic acids is 3. The van der Waals surface area contributed by atoms with Gasteiger partial charge in [0.2, 0.25) is 5.91 Å². The number of piperidine rings is 2. The zero-order valence-corrected chi connectivity index (χ0v) is 17.2. The van der Waals surface area contributed by atoms with Gasteiger partial charge in [-0.25, -0.2) is 9.78 Å². The molecule has 0 aliphatic carbocycles. The molecule has 2 aliphatic heterocycles. The predicted octanol–water partition coefficient (Wildman–Crippen LogP) is 3.43. The van der Waals surface area contributed by atoms with Crippen LogP contribution in [0.2, 0.25) is 0 Å². The monoisotopic (exact) mass is 387 g/mol. The van der Waals surface area contributed by atoms with Crippen LogP contribution in [0.1, 0.15) is 63.7 Å². The molecule has 2 saturated heterocycles. The van der Waals surface area contributed by atoms with E-state index in [1.807, 2.05) is 20.8 Å². The fraction of sp³-hybridized carbons (Fsp3) is 0.619. The summed E-state index contributed by atoms with van der Waals surface area (Å²) in [5, 5.41) is 0. The smallest absolute Gasteiger partial charge is 0.410 e. The van der Waals surface area contributed by atoms with Crippen molar-refractivity contribution in [3.05, 3.63) is 23.9 Å². The van der Waals surface area contributed by atoms with E-state index in [9.17, 15) is 14.4 Å². The lowest BCUT2D eigenvalue weighted by Gasteiger charge is -2.47. The highest BCUT2D eigenvalue weighted by atomic mass is 16.6. The number of aromatic nitrogens is 1. The molecular formula is C21H29N3O4. The van der Waals surface area contributed by atoms with Crippen LogP contribution in [0, 0.1) is 5.41 Å². The van der Waals surface area contributed by atoms with Gasteiger partial charge < -0.3 is 9.64 Å². The lowest BCUT2D eigenvalue weighted by molar-refractivity contribution is -0.122. The van der Waals surface area contributed by atoms with Crippen LogP contribution in [0.15, 0.2) is 18.3 Å². The molecule has 1 spiro atoms. The fourth-order valence-corrected chi connectivity index (χ4v) is 3.87. The first-order valence-electron chi connectivity index (χ1n) is 9.84. The molecule has 2 aliphatic rings. The maximum absolute atomic E-state index is 12.5. The van der Waals surface area contributed by atoms with Crippen LogP contribution >= 0.6 is 0 Å². The van der Waals surface area contributed by atoms with Gasteiger partial charge in [-0.2, -0.15) is 0 Å². The Kier molecular flexibility index (Phi) is 5.46. The molecule has 1 aromatic rings. The number of anilines is 1. The van der Waals surface area contributed by atoms with E-state index in [0.717, 1.165) is 19.3 Å². The molecule has 0 atom stereocenters. The van der Waals surface area contributed by atoms with Crippen molar-refractivity contribution in [3.63, 3.8) is 0 Å². The Morgan fingerprint density at radius 3 is 2.36 bits per heavy atom. The van der Waals surface area contributed by atoms with Gasteiger partial charge in [-0.05, 0) is 64.5 Å². The fourth-order valence-electron chi connectivity index (χ4n) is 3.87. The lowest BCUT2D eigenvalue weighted by atomic mass is 9.72. The van der Waals surface area contributed by atoms with Gasteiger partial charge in [0.25, 0.3) is 0 Å². The number of ketones is 1. The molecule has 7 heteroatoms. The van der Waals surface area contributed by atoms with Crippen molar-refractivity contribution in [2.24, 2.45) is 5.41 Å². The van der Waals surface area contributed by atoms with E-state index in [0.29, 0.717) is 37.4 Å². The molecule has 1 aromatic heterocycles. The number of likely N-dealkylation sites (tertiary alicyclic amines) is 1. The van der Waals surface area contributed by atoms with Gasteiger partial charge in [-0.15, -0.1) is 0 Å². The largest absolute Gasteiger partial charge is 0.444 e. The van der Waals surface area contributed by atoms with Gasteiger partial charge in [0, 0.05) is 37.8 Å². The Balaban J connectivity index is 1.67. The van der Waals surface area contributed by atoms with E-state index in [2.05, 4.69) is 4.98 Å². The first-order chi connectivity index (χ1) is 13.1. The van der Waals surface area contributed by atoms with Gasteiger partial charge in [0.15, 0.2) is 5.78 Å². The third-order valence-corrected chi connectivity index (χ3v) is 5.57. The summed E-state index contributed by atoms with van der Waals surface area (Å²) >= 11 is 0. The van der Waals surface area contributed by atoms with Crippen LogP contribution in [0.25, 0.3) is 0 Å². The first-order valence-corrected chi connectivity index (χ1v) is 9.84. The Morgan fingerprint density at radius 2 is 1.82 bits per heavy atom. The third kappa shape index (κ3) is 4.51. The van der Waals surface area contributed by atoms with Crippen molar-refractivity contribution in [1.82, 2.24) is 9.88 Å². The van der Waals surface area contributed by atoms with Gasteiger partial charge in [0.05, 0.1) is 0 Å². The molecule has 3 rings (SSSR count). The lowest BCUT2D eigenvalue weighted by Crippen LogP contribution is -2.53. The van der Waals surface area contributed by atoms with Gasteiger partial charge in [-0.1, -0.05) is 0 Å². The maximum Gasteiger partial charge on any atom is 0.410 e. The summed E-state index contributed by atoms with van der Waals surface area (Å²) in [4.78, 5) is 44.1. The van der Waals surface area contributed by atoms with E-state index in [1.54, 1.807) is 21.9 Å². The Labute approximate surface area is 166 Å². The number of hydrogen-bond donors (Lipinski definition) is 0. The average Bonchev–Trinajstić information content (AvgIpc) is 2.63. The van der Waals surface area contributed by atoms with Gasteiger partial charge in [-0.3, -0.25) is 14.5 Å². The summed E-state index contributed by atoms with van der Waals surface area (Å²) in [6, 6.07) is 3.45. The number of amides is 2. The van der Waals surface area contributed by atoms with Crippen molar-refractivity contribution >= 4 is 23.6 Å². The topological polar surface area (TPSA) is 79.8 Å². The number of Topliss-reactive ketones (excluding diaryl/α,β-unsaturated/α-hetero) is 1. The van der Waals surface area contributed by atoms with E-state index in [-0.39, 0.29) is 23.2 Å². The molecule has 0 aromatic carbocycles. The van der Waals surface area contributed by atoms with Crippen molar-refractivity contribution in [1.29, 1.82) is 0 Å². The minimum Gasteiger partial charge on any atom is -0.444 e. The predicted molar refractivity (Wildman–Crippen MR) is 105 cm³/mol. The third-order valence-electron chi connectivity index (χ3n) is 5.57. The van der Waals surface area contributed by atoms with E-state index >= 15 is 0 Å². The van der Waals surface area contributed by atoms with Crippen LogP contribution in [0.3, 0.4) is 0 Å². The summed E-state index contributed by atoms with van der Waals surface area (Å²) in [5.41, 5.74) is 0.0271. The highest BCUT2D eigenvalue weighted by Crippen LogP contribution is 2.41. The second kappa shape index (κ2) is 7.53. The molecule has 0 radical (unpaired) electrons. The molecule has 28 heavy (non-hydrogen) atoms. The molecule has 7 nitrogen and oxygen atoms in total. The van der Waals surface area contributed by atoms with E-state index in [1.165, 1.54) is 13.1 Å². The summed E-state index contributed by atoms with van der Waals surface area (Å²) < 4.78 is 5.48. The molecule has 3 heterocycles.